The summed E-state index contributed by atoms with van der Waals surface area (Å²) in [4.78, 5) is 12.3. The maximum atomic E-state index is 12.3. The van der Waals surface area contributed by atoms with Crippen molar-refractivity contribution in [3.63, 3.8) is 0 Å². The zero-order chi connectivity index (χ0) is 14.6. The van der Waals surface area contributed by atoms with Crippen molar-refractivity contribution < 1.29 is 4.79 Å². The van der Waals surface area contributed by atoms with Gasteiger partial charge in [-0.3, -0.25) is 9.48 Å². The fourth-order valence-electron chi connectivity index (χ4n) is 2.18. The van der Waals surface area contributed by atoms with Crippen molar-refractivity contribution in [3.05, 3.63) is 11.4 Å². The zero-order valence-electron chi connectivity index (χ0n) is 12.7. The number of nitrogens with two attached hydrogens (primary N) is 1. The van der Waals surface area contributed by atoms with Crippen LogP contribution in [0.3, 0.4) is 0 Å². The topological polar surface area (TPSA) is 72.9 Å². The highest BCUT2D eigenvalue weighted by atomic mass is 16.2. The Bertz CT molecular complexity index is 439. The number of nitrogens with one attached hydrogen (secondary N) is 1. The predicted octanol–water partition coefficient (Wildman–Crippen LogP) is 2.35. The Labute approximate surface area is 115 Å². The molecule has 0 aliphatic heterocycles. The van der Waals surface area contributed by atoms with Crippen molar-refractivity contribution in [2.24, 2.45) is 5.92 Å². The highest BCUT2D eigenvalue weighted by Crippen LogP contribution is 2.17. The van der Waals surface area contributed by atoms with Gasteiger partial charge in [-0.15, -0.1) is 0 Å². The Balaban J connectivity index is 2.78. The van der Waals surface area contributed by atoms with Gasteiger partial charge in [0.1, 0.15) is 5.69 Å². The van der Waals surface area contributed by atoms with E-state index in [0.29, 0.717) is 29.5 Å². The molecule has 0 saturated heterocycles. The van der Waals surface area contributed by atoms with Crippen molar-refractivity contribution in [2.75, 3.05) is 5.73 Å². The maximum Gasteiger partial charge on any atom is 0.271 e. The molecule has 0 aromatic carbocycles. The minimum absolute atomic E-state index is 0.129. The Hall–Kier alpha value is -1.52. The quantitative estimate of drug-likeness (QED) is 0.830. The second-order valence-corrected chi connectivity index (χ2v) is 5.29. The van der Waals surface area contributed by atoms with E-state index in [-0.39, 0.29) is 11.9 Å². The molecule has 0 aliphatic carbocycles. The molecule has 19 heavy (non-hydrogen) atoms. The third-order valence-corrected chi connectivity index (χ3v) is 3.52. The number of rotatable bonds is 6. The highest BCUT2D eigenvalue weighted by Gasteiger charge is 2.20. The summed E-state index contributed by atoms with van der Waals surface area (Å²) in [5.74, 6) is 0.473. The maximum absolute atomic E-state index is 12.3. The summed E-state index contributed by atoms with van der Waals surface area (Å²) in [5, 5.41) is 7.28. The average molecular weight is 266 g/mol. The van der Waals surface area contributed by atoms with Gasteiger partial charge in [-0.1, -0.05) is 20.3 Å². The molecule has 1 aromatic heterocycles. The summed E-state index contributed by atoms with van der Waals surface area (Å²) < 4.78 is 1.66. The van der Waals surface area contributed by atoms with E-state index < -0.39 is 0 Å². The summed E-state index contributed by atoms with van der Waals surface area (Å²) in [5.41, 5.74) is 7.61. The third kappa shape index (κ3) is 3.72. The number of anilines is 1. The molecule has 1 heterocycles. The largest absolute Gasteiger partial charge is 0.395 e. The monoisotopic (exact) mass is 266 g/mol. The Kier molecular flexibility index (Phi) is 5.39. The van der Waals surface area contributed by atoms with Gasteiger partial charge in [0.2, 0.25) is 0 Å². The lowest BCUT2D eigenvalue weighted by Crippen LogP contribution is -2.35. The molecule has 1 amide bonds. The van der Waals surface area contributed by atoms with Crippen LogP contribution in [0, 0.1) is 12.8 Å². The van der Waals surface area contributed by atoms with Gasteiger partial charge in [-0.05, 0) is 33.1 Å². The summed E-state index contributed by atoms with van der Waals surface area (Å²) >= 11 is 0. The van der Waals surface area contributed by atoms with E-state index >= 15 is 0 Å². The molecule has 0 spiro atoms. The van der Waals surface area contributed by atoms with Crippen LogP contribution in [0.5, 0.6) is 0 Å². The normalized spacial score (nSPS) is 14.2. The molecule has 2 atom stereocenters. The van der Waals surface area contributed by atoms with Crippen molar-refractivity contribution in [1.29, 1.82) is 0 Å². The summed E-state index contributed by atoms with van der Waals surface area (Å²) in [6.07, 6.45) is 2.09. The molecule has 5 nitrogen and oxygen atoms in total. The number of nitrogens with zero attached hydrogens (tertiary/aromatic N) is 2. The summed E-state index contributed by atoms with van der Waals surface area (Å²) in [6.45, 7) is 10.8. The van der Waals surface area contributed by atoms with E-state index in [0.717, 1.165) is 12.8 Å². The number of hydrogen-bond acceptors (Lipinski definition) is 3. The van der Waals surface area contributed by atoms with Crippen LogP contribution in [0.4, 0.5) is 5.69 Å². The number of carbonyl (C=O) groups excluding carboxylic acids is 1. The van der Waals surface area contributed by atoms with E-state index in [2.05, 4.69) is 24.3 Å². The van der Waals surface area contributed by atoms with Gasteiger partial charge in [-0.2, -0.15) is 5.10 Å². The van der Waals surface area contributed by atoms with Gasteiger partial charge >= 0.3 is 0 Å². The van der Waals surface area contributed by atoms with E-state index in [1.807, 2.05) is 20.8 Å². The lowest BCUT2D eigenvalue weighted by atomic mass is 10.0. The van der Waals surface area contributed by atoms with E-state index in [9.17, 15) is 4.79 Å². The summed E-state index contributed by atoms with van der Waals surface area (Å²) in [7, 11) is 0. The number of hydrogen-bond donors (Lipinski definition) is 2. The zero-order valence-corrected chi connectivity index (χ0v) is 12.7. The minimum atomic E-state index is -0.129. The second-order valence-electron chi connectivity index (χ2n) is 5.29. The molecular weight excluding hydrogens is 240 g/mol. The lowest BCUT2D eigenvalue weighted by Gasteiger charge is -2.18. The molecular formula is C14H26N4O. The SMILES string of the molecule is CCC(C)CC(C)NC(=O)c1c(N)c(C)nn1CC. The van der Waals surface area contributed by atoms with E-state index in [1.165, 1.54) is 0 Å². The first-order chi connectivity index (χ1) is 8.90. The Morgan fingerprint density at radius 2 is 2.05 bits per heavy atom. The standard InChI is InChI=1S/C14H26N4O/c1-6-9(3)8-10(4)16-14(19)13-12(15)11(5)17-18(13)7-2/h9-10H,6-8,15H2,1-5H3,(H,16,19). The molecule has 2 unspecified atom stereocenters. The van der Waals surface area contributed by atoms with Crippen molar-refractivity contribution in [2.45, 2.75) is 60.0 Å². The fraction of sp³-hybridized carbons (Fsp3) is 0.714. The molecule has 108 valence electrons. The molecule has 3 N–H and O–H groups in total. The van der Waals surface area contributed by atoms with Crippen LogP contribution >= 0.6 is 0 Å². The molecule has 0 saturated carbocycles. The van der Waals surface area contributed by atoms with Crippen LogP contribution in [0.25, 0.3) is 0 Å². The molecule has 0 aliphatic rings. The molecule has 0 radical (unpaired) electrons. The van der Waals surface area contributed by atoms with Gasteiger partial charge in [0.05, 0.1) is 11.4 Å². The van der Waals surface area contributed by atoms with Crippen LogP contribution in [-0.2, 0) is 6.54 Å². The van der Waals surface area contributed by atoms with Crippen LogP contribution in [-0.4, -0.2) is 21.7 Å². The Morgan fingerprint density at radius 1 is 1.42 bits per heavy atom. The molecule has 5 heteroatoms. The number of aromatic nitrogens is 2. The highest BCUT2D eigenvalue weighted by molar-refractivity contribution is 5.98. The molecule has 0 bridgehead atoms. The predicted molar refractivity (Wildman–Crippen MR) is 78.1 cm³/mol. The summed E-state index contributed by atoms with van der Waals surface area (Å²) in [6, 6.07) is 0.141. The van der Waals surface area contributed by atoms with Crippen LogP contribution < -0.4 is 11.1 Å². The number of aryl methyl sites for hydroxylation is 2. The first-order valence-electron chi connectivity index (χ1n) is 7.04. The van der Waals surface area contributed by atoms with Gasteiger partial charge in [0.25, 0.3) is 5.91 Å². The second kappa shape index (κ2) is 6.59. The minimum Gasteiger partial charge on any atom is -0.395 e. The van der Waals surface area contributed by atoms with Gasteiger partial charge in [-0.25, -0.2) is 0 Å². The average Bonchev–Trinajstić information content (AvgIpc) is 2.64. The van der Waals surface area contributed by atoms with Crippen LogP contribution in [0.2, 0.25) is 0 Å². The molecule has 0 fully saturated rings. The van der Waals surface area contributed by atoms with Gasteiger partial charge < -0.3 is 11.1 Å². The van der Waals surface area contributed by atoms with E-state index in [1.54, 1.807) is 4.68 Å². The third-order valence-electron chi connectivity index (χ3n) is 3.52. The van der Waals surface area contributed by atoms with Crippen molar-refractivity contribution in [3.8, 4) is 0 Å². The molecule has 1 aromatic rings. The van der Waals surface area contributed by atoms with Gasteiger partial charge in [0, 0.05) is 12.6 Å². The number of amides is 1. The van der Waals surface area contributed by atoms with Crippen LogP contribution in [0.1, 0.15) is 56.7 Å². The number of nitrogen functional groups attached to an aromatic ring is 1. The first-order valence-corrected chi connectivity index (χ1v) is 7.04. The van der Waals surface area contributed by atoms with Crippen molar-refractivity contribution >= 4 is 11.6 Å². The van der Waals surface area contributed by atoms with Crippen LogP contribution in [0.15, 0.2) is 0 Å². The smallest absolute Gasteiger partial charge is 0.271 e. The number of carbonyl (C=O) groups is 1. The fourth-order valence-corrected chi connectivity index (χ4v) is 2.18. The van der Waals surface area contributed by atoms with E-state index in [4.69, 9.17) is 5.73 Å². The lowest BCUT2D eigenvalue weighted by molar-refractivity contribution is 0.0925. The van der Waals surface area contributed by atoms with Gasteiger partial charge in [0.15, 0.2) is 0 Å². The van der Waals surface area contributed by atoms with Crippen molar-refractivity contribution in [1.82, 2.24) is 15.1 Å². The molecule has 1 rings (SSSR count). The Morgan fingerprint density at radius 3 is 2.58 bits per heavy atom. The first kappa shape index (κ1) is 15.5.